The number of amides is 1. The number of nitrogens with zero attached hydrogens (tertiary/aromatic N) is 2. The molecule has 0 spiro atoms. The Morgan fingerprint density at radius 3 is 2.66 bits per heavy atom. The van der Waals surface area contributed by atoms with E-state index in [1.807, 2.05) is 61.5 Å². The Labute approximate surface area is 169 Å². The molecule has 1 aliphatic rings. The summed E-state index contributed by atoms with van der Waals surface area (Å²) in [6.07, 6.45) is -0.0127. The van der Waals surface area contributed by atoms with Gasteiger partial charge in [0, 0.05) is 37.1 Å². The number of methoxy groups -OCH3 is 1. The highest BCUT2D eigenvalue weighted by Crippen LogP contribution is 2.27. The Bertz CT molecular complexity index is 1010. The van der Waals surface area contributed by atoms with Crippen LogP contribution in [0.5, 0.6) is 5.75 Å². The van der Waals surface area contributed by atoms with Crippen molar-refractivity contribution >= 4 is 5.91 Å². The first-order valence-electron chi connectivity index (χ1n) is 9.67. The van der Waals surface area contributed by atoms with Crippen LogP contribution in [0.25, 0.3) is 11.1 Å². The zero-order chi connectivity index (χ0) is 20.4. The number of benzene rings is 2. The molecule has 1 aromatic heterocycles. The molecule has 0 saturated carbocycles. The van der Waals surface area contributed by atoms with Gasteiger partial charge in [-0.05, 0) is 42.3 Å². The number of aliphatic hydroxyl groups excluding tert-OH is 1. The van der Waals surface area contributed by atoms with Gasteiger partial charge in [0.2, 0.25) is 0 Å². The van der Waals surface area contributed by atoms with Crippen LogP contribution in [0.15, 0.2) is 59.1 Å². The van der Waals surface area contributed by atoms with E-state index in [1.165, 1.54) is 0 Å². The Balaban J connectivity index is 1.49. The Hall–Kier alpha value is -3.12. The standard InChI is InChI=1S/C23H24N2O4/c1-15-9-21(29-24-15)12-19-13-25(14-22(19)26)23(27)18-7-3-5-16(10-18)17-6-4-8-20(11-17)28-2/h3-11,19,22,26H,12-14H2,1-2H3/t19-,22+/m1/s1. The fourth-order valence-electron chi connectivity index (χ4n) is 3.81. The molecule has 1 amide bonds. The van der Waals surface area contributed by atoms with E-state index < -0.39 is 6.10 Å². The van der Waals surface area contributed by atoms with Crippen molar-refractivity contribution in [1.29, 1.82) is 0 Å². The summed E-state index contributed by atoms with van der Waals surface area (Å²) < 4.78 is 10.6. The van der Waals surface area contributed by atoms with E-state index in [0.717, 1.165) is 28.3 Å². The minimum Gasteiger partial charge on any atom is -0.497 e. The summed E-state index contributed by atoms with van der Waals surface area (Å²) in [5.41, 5.74) is 3.35. The van der Waals surface area contributed by atoms with Crippen molar-refractivity contribution in [3.05, 3.63) is 71.6 Å². The lowest BCUT2D eigenvalue weighted by molar-refractivity contribution is 0.0764. The topological polar surface area (TPSA) is 75.8 Å². The molecule has 1 aliphatic heterocycles. The van der Waals surface area contributed by atoms with Crippen LogP contribution in [-0.2, 0) is 6.42 Å². The number of hydrogen-bond donors (Lipinski definition) is 1. The van der Waals surface area contributed by atoms with Crippen molar-refractivity contribution in [3.63, 3.8) is 0 Å². The monoisotopic (exact) mass is 392 g/mol. The van der Waals surface area contributed by atoms with Gasteiger partial charge in [0.05, 0.1) is 18.9 Å². The molecule has 1 N–H and O–H groups in total. The lowest BCUT2D eigenvalue weighted by atomic mass is 10.0. The highest BCUT2D eigenvalue weighted by atomic mass is 16.5. The number of aliphatic hydroxyl groups is 1. The van der Waals surface area contributed by atoms with E-state index in [9.17, 15) is 9.90 Å². The molecule has 1 fully saturated rings. The summed E-state index contributed by atoms with van der Waals surface area (Å²) in [6, 6.07) is 17.2. The van der Waals surface area contributed by atoms with Crippen LogP contribution < -0.4 is 4.74 Å². The van der Waals surface area contributed by atoms with E-state index in [2.05, 4.69) is 5.16 Å². The van der Waals surface area contributed by atoms with E-state index >= 15 is 0 Å². The predicted molar refractivity (Wildman–Crippen MR) is 109 cm³/mol. The fourth-order valence-corrected chi connectivity index (χ4v) is 3.81. The summed E-state index contributed by atoms with van der Waals surface area (Å²) in [5, 5.41) is 14.3. The summed E-state index contributed by atoms with van der Waals surface area (Å²) in [6.45, 7) is 2.67. The molecule has 3 aromatic rings. The zero-order valence-corrected chi connectivity index (χ0v) is 16.5. The number of aromatic nitrogens is 1. The highest BCUT2D eigenvalue weighted by Gasteiger charge is 2.35. The van der Waals surface area contributed by atoms with Crippen molar-refractivity contribution in [3.8, 4) is 16.9 Å². The molecule has 1 saturated heterocycles. The van der Waals surface area contributed by atoms with Gasteiger partial charge in [-0.3, -0.25) is 4.79 Å². The smallest absolute Gasteiger partial charge is 0.253 e. The molecule has 150 valence electrons. The van der Waals surface area contributed by atoms with Gasteiger partial charge in [0.25, 0.3) is 5.91 Å². The molecule has 0 radical (unpaired) electrons. The number of aryl methyl sites for hydroxylation is 1. The first-order valence-corrected chi connectivity index (χ1v) is 9.67. The second-order valence-electron chi connectivity index (χ2n) is 7.49. The number of carbonyl (C=O) groups excluding carboxylic acids is 1. The van der Waals surface area contributed by atoms with Crippen molar-refractivity contribution in [1.82, 2.24) is 10.1 Å². The van der Waals surface area contributed by atoms with Gasteiger partial charge in [-0.25, -0.2) is 0 Å². The number of hydrogen-bond acceptors (Lipinski definition) is 5. The van der Waals surface area contributed by atoms with E-state index in [-0.39, 0.29) is 11.8 Å². The van der Waals surface area contributed by atoms with Crippen LogP contribution in [0, 0.1) is 12.8 Å². The summed E-state index contributed by atoms with van der Waals surface area (Å²) in [4.78, 5) is 14.8. The zero-order valence-electron chi connectivity index (χ0n) is 16.5. The van der Waals surface area contributed by atoms with Gasteiger partial charge in [0.15, 0.2) is 0 Å². The lowest BCUT2D eigenvalue weighted by Crippen LogP contribution is -2.29. The molecular weight excluding hydrogens is 368 g/mol. The average Bonchev–Trinajstić information content (AvgIpc) is 3.33. The van der Waals surface area contributed by atoms with E-state index in [4.69, 9.17) is 9.26 Å². The third-order valence-electron chi connectivity index (χ3n) is 5.35. The molecule has 0 unspecified atom stereocenters. The van der Waals surface area contributed by atoms with Gasteiger partial charge < -0.3 is 19.3 Å². The highest BCUT2D eigenvalue weighted by molar-refractivity contribution is 5.95. The van der Waals surface area contributed by atoms with Crippen LogP contribution in [-0.4, -0.2) is 47.4 Å². The minimum absolute atomic E-state index is 0.0622. The maximum Gasteiger partial charge on any atom is 0.253 e. The van der Waals surface area contributed by atoms with Crippen LogP contribution in [0.1, 0.15) is 21.8 Å². The Morgan fingerprint density at radius 1 is 1.17 bits per heavy atom. The van der Waals surface area contributed by atoms with Crippen LogP contribution in [0.3, 0.4) is 0 Å². The van der Waals surface area contributed by atoms with Gasteiger partial charge in [-0.1, -0.05) is 29.4 Å². The second-order valence-corrected chi connectivity index (χ2v) is 7.49. The SMILES string of the molecule is COc1cccc(-c2cccc(C(=O)N3C[C@@H](Cc4cc(C)no4)[C@@H](O)C3)c2)c1. The van der Waals surface area contributed by atoms with Crippen molar-refractivity contribution in [2.24, 2.45) is 5.92 Å². The second kappa shape index (κ2) is 8.09. The van der Waals surface area contributed by atoms with E-state index in [0.29, 0.717) is 25.1 Å². The summed E-state index contributed by atoms with van der Waals surface area (Å²) >= 11 is 0. The maximum atomic E-state index is 13.1. The molecule has 2 atom stereocenters. The van der Waals surface area contributed by atoms with Crippen LogP contribution in [0.2, 0.25) is 0 Å². The summed E-state index contributed by atoms with van der Waals surface area (Å²) in [5.74, 6) is 1.37. The third kappa shape index (κ3) is 4.17. The number of β-amino-alcohol motifs (C(OH)–C–C–N with tert-alkyl or cyclic N) is 1. The van der Waals surface area contributed by atoms with Gasteiger partial charge in [0.1, 0.15) is 11.5 Å². The molecular formula is C23H24N2O4. The quantitative estimate of drug-likeness (QED) is 0.721. The Morgan fingerprint density at radius 2 is 1.93 bits per heavy atom. The summed E-state index contributed by atoms with van der Waals surface area (Å²) in [7, 11) is 1.63. The molecule has 4 rings (SSSR count). The number of carbonyl (C=O) groups is 1. The van der Waals surface area contributed by atoms with Gasteiger partial charge >= 0.3 is 0 Å². The van der Waals surface area contributed by atoms with Crippen LogP contribution in [0.4, 0.5) is 0 Å². The van der Waals surface area contributed by atoms with Crippen molar-refractivity contribution in [2.75, 3.05) is 20.2 Å². The average molecular weight is 392 g/mol. The predicted octanol–water partition coefficient (Wildman–Crippen LogP) is 3.33. The third-order valence-corrected chi connectivity index (χ3v) is 5.35. The maximum absolute atomic E-state index is 13.1. The normalized spacial score (nSPS) is 18.8. The molecule has 6 nitrogen and oxygen atoms in total. The fraction of sp³-hybridized carbons (Fsp3) is 0.304. The number of ether oxygens (including phenoxy) is 1. The molecule has 2 aromatic carbocycles. The molecule has 2 heterocycles. The lowest BCUT2D eigenvalue weighted by Gasteiger charge is -2.16. The first-order chi connectivity index (χ1) is 14.0. The van der Waals surface area contributed by atoms with Crippen molar-refractivity contribution < 1.29 is 19.2 Å². The largest absolute Gasteiger partial charge is 0.497 e. The van der Waals surface area contributed by atoms with Crippen molar-refractivity contribution in [2.45, 2.75) is 19.4 Å². The van der Waals surface area contributed by atoms with Gasteiger partial charge in [-0.2, -0.15) is 0 Å². The van der Waals surface area contributed by atoms with Crippen LogP contribution >= 0.6 is 0 Å². The molecule has 0 aliphatic carbocycles. The van der Waals surface area contributed by atoms with E-state index in [1.54, 1.807) is 12.0 Å². The number of likely N-dealkylation sites (tertiary alicyclic amines) is 1. The number of rotatable bonds is 5. The molecule has 0 bridgehead atoms. The van der Waals surface area contributed by atoms with Gasteiger partial charge in [-0.15, -0.1) is 0 Å². The first kappa shape index (κ1) is 19.2. The molecule has 6 heteroatoms. The molecule has 29 heavy (non-hydrogen) atoms. The Kier molecular flexibility index (Phi) is 5.36. The minimum atomic E-state index is -0.578.